The molecule has 3 atom stereocenters. The summed E-state index contributed by atoms with van der Waals surface area (Å²) < 4.78 is 32.3. The minimum absolute atomic E-state index is 0.118. The van der Waals surface area contributed by atoms with Crippen molar-refractivity contribution in [3.63, 3.8) is 0 Å². The number of allylic oxidation sites excluding steroid dienone is 1. The minimum Gasteiger partial charge on any atom is -0.495 e. The monoisotopic (exact) mass is 666 g/mol. The molecule has 0 aromatic carbocycles. The summed E-state index contributed by atoms with van der Waals surface area (Å²) in [6.45, 7) is 16.0. The highest BCUT2D eigenvalue weighted by molar-refractivity contribution is 8.00. The number of rotatable bonds is 7. The van der Waals surface area contributed by atoms with Gasteiger partial charge in [0.05, 0.1) is 12.7 Å². The average Bonchev–Trinajstić information content (AvgIpc) is 4.06. The van der Waals surface area contributed by atoms with Crippen molar-refractivity contribution in [1.82, 2.24) is 31.4 Å². The maximum absolute atomic E-state index is 13.4. The predicted molar refractivity (Wildman–Crippen MR) is 187 cm³/mol. The number of carbonyl (C=O) groups excluding carboxylic acids is 2. The molecule has 260 valence electrons. The Bertz CT molecular complexity index is 1160. The molecule has 3 unspecified atom stereocenters. The first-order valence-corrected chi connectivity index (χ1v) is 17.3. The Kier molecular flexibility index (Phi) is 22.4. The quantitative estimate of drug-likeness (QED) is 0.194. The summed E-state index contributed by atoms with van der Waals surface area (Å²) >= 11 is 1.46. The molecule has 0 spiro atoms. The van der Waals surface area contributed by atoms with E-state index in [1.165, 1.54) is 42.2 Å². The van der Waals surface area contributed by atoms with Crippen molar-refractivity contribution in [3.8, 4) is 11.8 Å². The summed E-state index contributed by atoms with van der Waals surface area (Å²) in [5, 5.41) is 5.45. The molecule has 4 N–H and O–H groups in total. The van der Waals surface area contributed by atoms with Gasteiger partial charge in [-0.25, -0.2) is 19.6 Å². The van der Waals surface area contributed by atoms with Crippen molar-refractivity contribution in [2.24, 2.45) is 5.92 Å². The molecule has 2 saturated carbocycles. The Morgan fingerprint density at radius 3 is 2.17 bits per heavy atom. The molecule has 1 aromatic rings. The number of nitrogens with zero attached hydrogens (tertiary/aromatic N) is 2. The van der Waals surface area contributed by atoms with Gasteiger partial charge in [0.15, 0.2) is 0 Å². The van der Waals surface area contributed by atoms with Crippen LogP contribution < -0.4 is 21.5 Å². The number of amides is 2. The third kappa shape index (κ3) is 14.5. The van der Waals surface area contributed by atoms with E-state index in [2.05, 4.69) is 38.3 Å². The van der Waals surface area contributed by atoms with E-state index in [9.17, 15) is 18.4 Å². The second-order valence-electron chi connectivity index (χ2n) is 9.54. The van der Waals surface area contributed by atoms with Crippen LogP contribution in [0.1, 0.15) is 109 Å². The third-order valence-electron chi connectivity index (χ3n) is 6.05. The van der Waals surface area contributed by atoms with Crippen LogP contribution in [0, 0.1) is 17.8 Å². The number of alkyl halides is 2. The molecular formula is C34H56F2N6O3S. The third-order valence-corrected chi connectivity index (χ3v) is 7.07. The van der Waals surface area contributed by atoms with E-state index in [4.69, 9.17) is 4.74 Å². The topological polar surface area (TPSA) is 108 Å². The van der Waals surface area contributed by atoms with Crippen molar-refractivity contribution in [3.05, 3.63) is 47.1 Å². The molecule has 0 bridgehead atoms. The molecule has 12 heteroatoms. The fraction of sp³-hybridized carbons (Fsp3) is 0.618. The molecule has 4 aliphatic rings. The molecule has 46 heavy (non-hydrogen) atoms. The maximum Gasteiger partial charge on any atom is 0.261 e. The number of pyridine rings is 1. The lowest BCUT2D eigenvalue weighted by atomic mass is 9.94. The highest BCUT2D eigenvalue weighted by Crippen LogP contribution is 2.41. The van der Waals surface area contributed by atoms with Crippen molar-refractivity contribution >= 4 is 29.7 Å². The van der Waals surface area contributed by atoms with Crippen molar-refractivity contribution in [1.29, 1.82) is 0 Å². The summed E-state index contributed by atoms with van der Waals surface area (Å²) in [7, 11) is 4.85. The van der Waals surface area contributed by atoms with Crippen LogP contribution in [0.25, 0.3) is 5.57 Å². The molecule has 2 aliphatic heterocycles. The number of hydrogen-bond donors (Lipinski definition) is 4. The Hall–Kier alpha value is -3.14. The zero-order valence-electron chi connectivity index (χ0n) is 29.5. The van der Waals surface area contributed by atoms with Crippen LogP contribution in [0.4, 0.5) is 8.78 Å². The molecule has 2 amide bonds. The van der Waals surface area contributed by atoms with Gasteiger partial charge in [0.25, 0.3) is 12.3 Å². The molecular weight excluding hydrogens is 610 g/mol. The molecule has 9 nitrogen and oxygen atoms in total. The van der Waals surface area contributed by atoms with Gasteiger partial charge in [0.1, 0.15) is 22.7 Å². The van der Waals surface area contributed by atoms with Gasteiger partial charge in [-0.15, -0.1) is 0 Å². The number of nitrogens with one attached hydrogen (secondary N) is 4. The van der Waals surface area contributed by atoms with Crippen LogP contribution in [-0.2, 0) is 9.53 Å². The lowest BCUT2D eigenvalue weighted by molar-refractivity contribution is -0.115. The van der Waals surface area contributed by atoms with Gasteiger partial charge < -0.3 is 20.3 Å². The fourth-order valence-electron chi connectivity index (χ4n) is 3.69. The molecule has 0 radical (unpaired) electrons. The molecule has 3 fully saturated rings. The lowest BCUT2D eigenvalue weighted by Crippen LogP contribution is -2.43. The summed E-state index contributed by atoms with van der Waals surface area (Å²) in [6.07, 6.45) is 6.89. The van der Waals surface area contributed by atoms with Crippen molar-refractivity contribution in [2.75, 3.05) is 21.2 Å². The second kappa shape index (κ2) is 24.1. The first-order chi connectivity index (χ1) is 22.3. The smallest absolute Gasteiger partial charge is 0.261 e. The Labute approximate surface area is 280 Å². The fourth-order valence-corrected chi connectivity index (χ4v) is 4.54. The number of methoxy groups -OCH3 is 1. The van der Waals surface area contributed by atoms with Gasteiger partial charge in [0.2, 0.25) is 6.41 Å². The normalized spacial score (nSPS) is 20.3. The number of ether oxygens (including phenoxy) is 1. The second-order valence-corrected chi connectivity index (χ2v) is 10.8. The van der Waals surface area contributed by atoms with Crippen LogP contribution in [-0.4, -0.2) is 66.7 Å². The van der Waals surface area contributed by atoms with E-state index < -0.39 is 12.5 Å². The molecule has 3 heterocycles. The van der Waals surface area contributed by atoms with E-state index >= 15 is 0 Å². The first kappa shape index (κ1) is 42.9. The molecule has 5 rings (SSSR count). The number of aromatic nitrogens is 1. The Balaban J connectivity index is 0.00000137. The summed E-state index contributed by atoms with van der Waals surface area (Å²) in [4.78, 5) is 28.6. The number of hydrazine groups is 1. The van der Waals surface area contributed by atoms with E-state index in [-0.39, 0.29) is 16.8 Å². The molecule has 1 aromatic heterocycles. The molecule has 2 aliphatic carbocycles. The van der Waals surface area contributed by atoms with Crippen LogP contribution in [0.5, 0.6) is 0 Å². The van der Waals surface area contributed by atoms with Gasteiger partial charge in [-0.2, -0.15) is 0 Å². The van der Waals surface area contributed by atoms with Crippen LogP contribution in [0.3, 0.4) is 0 Å². The van der Waals surface area contributed by atoms with E-state index in [0.29, 0.717) is 34.3 Å². The van der Waals surface area contributed by atoms with Gasteiger partial charge in [-0.3, -0.25) is 14.6 Å². The zero-order valence-corrected chi connectivity index (χ0v) is 30.3. The summed E-state index contributed by atoms with van der Waals surface area (Å²) in [6, 6.07) is 0.658. The molecule has 1 saturated heterocycles. The van der Waals surface area contributed by atoms with Crippen LogP contribution >= 0.6 is 11.8 Å². The average molecular weight is 667 g/mol. The number of carbonyl (C=O) groups is 2. The Morgan fingerprint density at radius 1 is 1.07 bits per heavy atom. The number of hydrogen-bond acceptors (Lipinski definition) is 8. The number of halogens is 2. The SMILES string of the molecule is CC.CC.CC.CC.CN(C)C=O.COC1=CNC(C(F)F)C=C1c1cc(C2CC2)ncc1C(=O)NC1NNC(C#CC2CC2)S1. The van der Waals surface area contributed by atoms with Crippen LogP contribution in [0.15, 0.2) is 30.3 Å². The van der Waals surface area contributed by atoms with Crippen molar-refractivity contribution < 1.29 is 23.1 Å². The van der Waals surface area contributed by atoms with Gasteiger partial charge >= 0.3 is 0 Å². The van der Waals surface area contributed by atoms with Gasteiger partial charge in [0, 0.05) is 55.2 Å². The predicted octanol–water partition coefficient (Wildman–Crippen LogP) is 6.47. The maximum atomic E-state index is 13.4. The zero-order chi connectivity index (χ0) is 35.2. The summed E-state index contributed by atoms with van der Waals surface area (Å²) in [5.74, 6) is 7.25. The van der Waals surface area contributed by atoms with Crippen LogP contribution in [0.2, 0.25) is 0 Å². The standard InChI is InChI=1S/C23H25F2N5O2S.C3H7NO.4C2H6/c1-32-19-11-27-18(21(24)25)9-15(19)14-8-17(13-5-6-13)26-10-16(14)22(31)28-23-30-29-20(33-23)7-4-12-2-3-12;1-4(2)3-5;4*1-2/h8-13,18,20-21,23,27,29-30H,2-3,5-6H2,1H3,(H,28,31);3H,1-2H3;4*1-2H3. The van der Waals surface area contributed by atoms with Crippen molar-refractivity contribution in [2.45, 2.75) is 110 Å². The lowest BCUT2D eigenvalue weighted by Gasteiger charge is -2.24. The van der Waals surface area contributed by atoms with E-state index in [1.54, 1.807) is 14.1 Å². The Morgan fingerprint density at radius 2 is 1.67 bits per heavy atom. The van der Waals surface area contributed by atoms with E-state index in [1.807, 2.05) is 61.5 Å². The minimum atomic E-state index is -2.60. The highest BCUT2D eigenvalue weighted by atomic mass is 32.2. The first-order valence-electron chi connectivity index (χ1n) is 16.4. The van der Waals surface area contributed by atoms with E-state index in [0.717, 1.165) is 37.8 Å². The number of thioether (sulfide) groups is 1. The van der Waals surface area contributed by atoms with Gasteiger partial charge in [-0.05, 0) is 37.8 Å². The summed E-state index contributed by atoms with van der Waals surface area (Å²) in [5.41, 5.74) is 7.86. The number of dihydropyridines is 1. The largest absolute Gasteiger partial charge is 0.495 e. The van der Waals surface area contributed by atoms with Gasteiger partial charge in [-0.1, -0.05) is 79.0 Å². The highest BCUT2D eigenvalue weighted by Gasteiger charge is 2.32.